The van der Waals surface area contributed by atoms with Crippen molar-refractivity contribution in [1.82, 2.24) is 10.9 Å². The molecule has 0 aliphatic heterocycles. The first-order chi connectivity index (χ1) is 17.3. The number of esters is 1. The number of amides is 3. The molecule has 3 rings (SSSR count). The fourth-order valence-electron chi connectivity index (χ4n) is 2.74. The van der Waals surface area contributed by atoms with Crippen molar-refractivity contribution < 1.29 is 28.7 Å². The van der Waals surface area contributed by atoms with Crippen LogP contribution in [-0.4, -0.2) is 30.3 Å². The van der Waals surface area contributed by atoms with Gasteiger partial charge in [0.1, 0.15) is 11.5 Å². The fourth-order valence-corrected chi connectivity index (χ4v) is 3.13. The summed E-state index contributed by atoms with van der Waals surface area (Å²) < 4.78 is 11.3. The molecule has 0 aromatic heterocycles. The number of ether oxygens (including phenoxy) is 2. The van der Waals surface area contributed by atoms with E-state index in [2.05, 4.69) is 32.1 Å². The molecule has 3 N–H and O–H groups in total. The molecule has 3 aromatic carbocycles. The summed E-state index contributed by atoms with van der Waals surface area (Å²) in [6.45, 7) is -0.601. The van der Waals surface area contributed by atoms with Gasteiger partial charge in [0.25, 0.3) is 11.8 Å². The number of benzene rings is 3. The molecule has 0 radical (unpaired) electrons. The van der Waals surface area contributed by atoms with Gasteiger partial charge in [-0.2, -0.15) is 0 Å². The molecule has 0 saturated carbocycles. The van der Waals surface area contributed by atoms with E-state index in [1.165, 1.54) is 0 Å². The zero-order valence-electron chi connectivity index (χ0n) is 18.8. The monoisotopic (exact) mass is 573 g/mol. The second-order valence-electron chi connectivity index (χ2n) is 7.30. The molecular formula is C25H21BrClN3O6. The molecule has 0 atom stereocenters. The van der Waals surface area contributed by atoms with E-state index in [0.717, 1.165) is 4.47 Å². The highest BCUT2D eigenvalue weighted by molar-refractivity contribution is 9.10. The summed E-state index contributed by atoms with van der Waals surface area (Å²) in [5.41, 5.74) is 5.23. The number of hydrogen-bond donors (Lipinski definition) is 3. The summed E-state index contributed by atoms with van der Waals surface area (Å²) in [5, 5.41) is 3.27. The van der Waals surface area contributed by atoms with Gasteiger partial charge in [-0.3, -0.25) is 30.0 Å². The van der Waals surface area contributed by atoms with Crippen molar-refractivity contribution in [1.29, 1.82) is 0 Å². The molecule has 186 valence electrons. The van der Waals surface area contributed by atoms with E-state index in [9.17, 15) is 19.2 Å². The summed E-state index contributed by atoms with van der Waals surface area (Å²) in [4.78, 5) is 47.6. The van der Waals surface area contributed by atoms with Crippen molar-refractivity contribution in [3.05, 3.63) is 87.9 Å². The first-order valence-corrected chi connectivity index (χ1v) is 11.8. The zero-order valence-corrected chi connectivity index (χ0v) is 21.1. The lowest BCUT2D eigenvalue weighted by atomic mass is 10.2. The first kappa shape index (κ1) is 26.7. The highest BCUT2D eigenvalue weighted by atomic mass is 79.9. The molecule has 0 fully saturated rings. The number of carbonyl (C=O) groups is 4. The zero-order chi connectivity index (χ0) is 25.9. The van der Waals surface area contributed by atoms with Crippen LogP contribution >= 0.6 is 27.5 Å². The van der Waals surface area contributed by atoms with E-state index in [4.69, 9.17) is 21.1 Å². The molecule has 11 heteroatoms. The third-order valence-electron chi connectivity index (χ3n) is 4.53. The van der Waals surface area contributed by atoms with E-state index >= 15 is 0 Å². The number of rotatable bonds is 9. The maximum absolute atomic E-state index is 12.1. The van der Waals surface area contributed by atoms with Crippen LogP contribution in [0.1, 0.15) is 23.2 Å². The van der Waals surface area contributed by atoms with Crippen LogP contribution in [0.25, 0.3) is 0 Å². The number of carbonyl (C=O) groups excluding carboxylic acids is 4. The predicted octanol–water partition coefficient (Wildman–Crippen LogP) is 4.62. The van der Waals surface area contributed by atoms with Gasteiger partial charge >= 0.3 is 5.97 Å². The Kier molecular flexibility index (Phi) is 9.84. The Morgan fingerprint density at radius 2 is 1.36 bits per heavy atom. The smallest absolute Gasteiger partial charge is 0.306 e. The lowest BCUT2D eigenvalue weighted by molar-refractivity contribution is -0.149. The minimum absolute atomic E-state index is 0.135. The second-order valence-corrected chi connectivity index (χ2v) is 8.65. The average Bonchev–Trinajstić information content (AvgIpc) is 2.87. The number of anilines is 1. The Morgan fingerprint density at radius 3 is 2.00 bits per heavy atom. The largest absolute Gasteiger partial charge is 0.457 e. The third-order valence-corrected chi connectivity index (χ3v) is 5.31. The molecule has 0 unspecified atom stereocenters. The van der Waals surface area contributed by atoms with Crippen LogP contribution in [0.4, 0.5) is 5.69 Å². The van der Waals surface area contributed by atoms with Gasteiger partial charge in [-0.1, -0.05) is 27.5 Å². The minimum atomic E-state index is -0.730. The lowest BCUT2D eigenvalue weighted by Crippen LogP contribution is -2.43. The van der Waals surface area contributed by atoms with E-state index in [1.807, 2.05) is 0 Å². The standard InChI is InChI=1S/C25H21BrClN3O6/c26-17-3-1-16(2-4-17)25(34)30-29-23(32)15-35-24(33)14-13-22(31)28-19-7-11-21(12-8-19)36-20-9-5-18(27)6-10-20/h1-12H,13-15H2,(H,28,31)(H,29,32)(H,30,34). The predicted molar refractivity (Wildman–Crippen MR) is 137 cm³/mol. The van der Waals surface area contributed by atoms with Crippen LogP contribution in [-0.2, 0) is 19.1 Å². The maximum Gasteiger partial charge on any atom is 0.306 e. The van der Waals surface area contributed by atoms with Gasteiger partial charge in [0, 0.05) is 27.2 Å². The van der Waals surface area contributed by atoms with E-state index in [-0.39, 0.29) is 12.8 Å². The first-order valence-electron chi connectivity index (χ1n) is 10.6. The quantitative estimate of drug-likeness (QED) is 0.253. The molecule has 36 heavy (non-hydrogen) atoms. The number of halogens is 2. The Morgan fingerprint density at radius 1 is 0.750 bits per heavy atom. The number of hydrogen-bond acceptors (Lipinski definition) is 6. The topological polar surface area (TPSA) is 123 Å². The van der Waals surface area contributed by atoms with Crippen LogP contribution in [0.15, 0.2) is 77.3 Å². The molecule has 9 nitrogen and oxygen atoms in total. The van der Waals surface area contributed by atoms with Gasteiger partial charge in [0.2, 0.25) is 5.91 Å². The number of nitrogens with one attached hydrogen (secondary N) is 3. The van der Waals surface area contributed by atoms with E-state index in [0.29, 0.717) is 27.8 Å². The van der Waals surface area contributed by atoms with Gasteiger partial charge in [0.15, 0.2) is 6.61 Å². The van der Waals surface area contributed by atoms with Crippen molar-refractivity contribution in [2.75, 3.05) is 11.9 Å². The summed E-state index contributed by atoms with van der Waals surface area (Å²) >= 11 is 9.11. The molecule has 0 aliphatic rings. The highest BCUT2D eigenvalue weighted by Gasteiger charge is 2.12. The van der Waals surface area contributed by atoms with Crippen LogP contribution in [0.5, 0.6) is 11.5 Å². The Labute approximate surface area is 220 Å². The van der Waals surface area contributed by atoms with Gasteiger partial charge in [0.05, 0.1) is 6.42 Å². The fraction of sp³-hybridized carbons (Fsp3) is 0.120. The summed E-state index contributed by atoms with van der Waals surface area (Å²) in [6, 6.07) is 20.1. The van der Waals surface area contributed by atoms with Crippen LogP contribution < -0.4 is 20.9 Å². The van der Waals surface area contributed by atoms with Gasteiger partial charge in [-0.15, -0.1) is 0 Å². The van der Waals surface area contributed by atoms with Crippen LogP contribution in [0, 0.1) is 0 Å². The van der Waals surface area contributed by atoms with E-state index < -0.39 is 30.3 Å². The van der Waals surface area contributed by atoms with Crippen LogP contribution in [0.2, 0.25) is 5.02 Å². The van der Waals surface area contributed by atoms with Gasteiger partial charge in [-0.25, -0.2) is 0 Å². The van der Waals surface area contributed by atoms with Crippen molar-refractivity contribution in [3.8, 4) is 11.5 Å². The SMILES string of the molecule is O=C(COC(=O)CCC(=O)Nc1ccc(Oc2ccc(Cl)cc2)cc1)NNC(=O)c1ccc(Br)cc1. The molecule has 0 saturated heterocycles. The Bertz CT molecular complexity index is 1220. The maximum atomic E-state index is 12.1. The second kappa shape index (κ2) is 13.3. The molecular weight excluding hydrogens is 554 g/mol. The van der Waals surface area contributed by atoms with Gasteiger partial charge < -0.3 is 14.8 Å². The molecule has 3 amide bonds. The summed E-state index contributed by atoms with van der Waals surface area (Å²) in [7, 11) is 0. The average molecular weight is 575 g/mol. The molecule has 3 aromatic rings. The summed E-state index contributed by atoms with van der Waals surface area (Å²) in [6.07, 6.45) is -0.355. The van der Waals surface area contributed by atoms with Crippen LogP contribution in [0.3, 0.4) is 0 Å². The lowest BCUT2D eigenvalue weighted by Gasteiger charge is -2.09. The van der Waals surface area contributed by atoms with E-state index in [1.54, 1.807) is 72.8 Å². The third kappa shape index (κ3) is 9.05. The highest BCUT2D eigenvalue weighted by Crippen LogP contribution is 2.24. The molecule has 0 bridgehead atoms. The van der Waals surface area contributed by atoms with Crippen molar-refractivity contribution >= 4 is 56.9 Å². The summed E-state index contributed by atoms with van der Waals surface area (Å²) in [5.74, 6) is -1.18. The van der Waals surface area contributed by atoms with Crippen molar-refractivity contribution in [3.63, 3.8) is 0 Å². The molecule has 0 heterocycles. The van der Waals surface area contributed by atoms with Crippen molar-refractivity contribution in [2.24, 2.45) is 0 Å². The van der Waals surface area contributed by atoms with Gasteiger partial charge in [-0.05, 0) is 72.8 Å². The molecule has 0 spiro atoms. The van der Waals surface area contributed by atoms with Crippen molar-refractivity contribution in [2.45, 2.75) is 12.8 Å². The minimum Gasteiger partial charge on any atom is -0.457 e. The number of hydrazine groups is 1. The normalized spacial score (nSPS) is 10.2. The Hall–Kier alpha value is -3.89. The molecule has 0 aliphatic carbocycles. The Balaban J connectivity index is 1.32.